The lowest BCUT2D eigenvalue weighted by Crippen LogP contribution is -2.41. The zero-order chi connectivity index (χ0) is 23.0. The molecule has 0 unspecified atom stereocenters. The fourth-order valence-electron chi connectivity index (χ4n) is 3.38. The Hall–Kier alpha value is -1.68. The smallest absolute Gasteiger partial charge is 0.243 e. The molecule has 0 bridgehead atoms. The Balaban J connectivity index is 1.64. The van der Waals surface area contributed by atoms with Gasteiger partial charge in [0.05, 0.1) is 34.7 Å². The van der Waals surface area contributed by atoms with Crippen LogP contribution in [0.5, 0.6) is 0 Å². The van der Waals surface area contributed by atoms with Crippen LogP contribution >= 0.6 is 23.2 Å². The number of amides is 1. The largest absolute Gasteiger partial charge is 0.379 e. The second kappa shape index (κ2) is 12.0. The standard InChI is InChI=1S/C22H27Cl2N3O4S/c23-20-8-7-18(15-21(20)24)16-27(32(29,30)19-5-2-1-3-6-19)17-22(28)25-9-4-10-26-11-13-31-14-12-26/h1-3,5-8,15H,4,9-14,16-17H2,(H,25,28). The molecule has 1 saturated heterocycles. The molecule has 32 heavy (non-hydrogen) atoms. The van der Waals surface area contributed by atoms with Gasteiger partial charge < -0.3 is 10.1 Å². The SMILES string of the molecule is O=C(CN(Cc1ccc(Cl)c(Cl)c1)S(=O)(=O)c1ccccc1)NCCCN1CCOCC1. The first-order valence-corrected chi connectivity index (χ1v) is 12.6. The lowest BCUT2D eigenvalue weighted by Gasteiger charge is -2.26. The van der Waals surface area contributed by atoms with Crippen molar-refractivity contribution >= 4 is 39.1 Å². The van der Waals surface area contributed by atoms with E-state index in [-0.39, 0.29) is 23.9 Å². The van der Waals surface area contributed by atoms with Crippen molar-refractivity contribution < 1.29 is 17.9 Å². The molecule has 1 N–H and O–H groups in total. The van der Waals surface area contributed by atoms with E-state index in [1.54, 1.807) is 36.4 Å². The highest BCUT2D eigenvalue weighted by molar-refractivity contribution is 7.89. The number of hydrogen-bond donors (Lipinski definition) is 1. The summed E-state index contributed by atoms with van der Waals surface area (Å²) >= 11 is 12.1. The number of nitrogens with zero attached hydrogens (tertiary/aromatic N) is 2. The zero-order valence-corrected chi connectivity index (χ0v) is 20.0. The van der Waals surface area contributed by atoms with Crippen molar-refractivity contribution in [3.8, 4) is 0 Å². The van der Waals surface area contributed by atoms with Crippen LogP contribution in [-0.2, 0) is 26.1 Å². The normalized spacial score (nSPS) is 15.1. The quantitative estimate of drug-likeness (QED) is 0.508. The van der Waals surface area contributed by atoms with Gasteiger partial charge in [0.2, 0.25) is 15.9 Å². The van der Waals surface area contributed by atoms with Crippen LogP contribution in [-0.4, -0.2) is 69.5 Å². The minimum atomic E-state index is -3.89. The van der Waals surface area contributed by atoms with Gasteiger partial charge in [-0.25, -0.2) is 8.42 Å². The Labute approximate surface area is 199 Å². The second-order valence-electron chi connectivity index (χ2n) is 7.49. The molecule has 0 aliphatic carbocycles. The van der Waals surface area contributed by atoms with E-state index in [2.05, 4.69) is 10.2 Å². The minimum Gasteiger partial charge on any atom is -0.379 e. The molecule has 0 spiro atoms. The van der Waals surface area contributed by atoms with Gasteiger partial charge in [-0.3, -0.25) is 9.69 Å². The van der Waals surface area contributed by atoms with E-state index in [4.69, 9.17) is 27.9 Å². The van der Waals surface area contributed by atoms with Gasteiger partial charge in [0, 0.05) is 26.2 Å². The topological polar surface area (TPSA) is 79.0 Å². The minimum absolute atomic E-state index is 0.00465. The molecule has 0 aromatic heterocycles. The Morgan fingerprint density at radius 2 is 1.78 bits per heavy atom. The summed E-state index contributed by atoms with van der Waals surface area (Å²) in [5.41, 5.74) is 0.638. The average molecular weight is 500 g/mol. The first-order chi connectivity index (χ1) is 15.4. The van der Waals surface area contributed by atoms with Gasteiger partial charge in [0.25, 0.3) is 0 Å². The van der Waals surface area contributed by atoms with Crippen molar-refractivity contribution in [1.82, 2.24) is 14.5 Å². The van der Waals surface area contributed by atoms with E-state index < -0.39 is 10.0 Å². The Morgan fingerprint density at radius 1 is 1.06 bits per heavy atom. The van der Waals surface area contributed by atoms with Gasteiger partial charge in [-0.05, 0) is 42.8 Å². The predicted octanol–water partition coefficient (Wildman–Crippen LogP) is 3.02. The van der Waals surface area contributed by atoms with Crippen molar-refractivity contribution in [2.45, 2.75) is 17.9 Å². The third-order valence-electron chi connectivity index (χ3n) is 5.12. The number of morpholine rings is 1. The number of carbonyl (C=O) groups is 1. The number of sulfonamides is 1. The van der Waals surface area contributed by atoms with Crippen LogP contribution < -0.4 is 5.32 Å². The first kappa shape index (κ1) is 25.0. The second-order valence-corrected chi connectivity index (χ2v) is 10.2. The van der Waals surface area contributed by atoms with Crippen LogP contribution in [0.15, 0.2) is 53.4 Å². The predicted molar refractivity (Wildman–Crippen MR) is 125 cm³/mol. The molecular weight excluding hydrogens is 473 g/mol. The highest BCUT2D eigenvalue weighted by atomic mass is 35.5. The van der Waals surface area contributed by atoms with E-state index in [1.807, 2.05) is 0 Å². The third-order valence-corrected chi connectivity index (χ3v) is 7.67. The molecule has 1 fully saturated rings. The summed E-state index contributed by atoms with van der Waals surface area (Å²) in [6.45, 7) is 4.27. The molecule has 0 saturated carbocycles. The van der Waals surface area contributed by atoms with E-state index in [9.17, 15) is 13.2 Å². The highest BCUT2D eigenvalue weighted by Gasteiger charge is 2.27. The number of halogens is 2. The molecule has 1 aliphatic rings. The summed E-state index contributed by atoms with van der Waals surface area (Å²) in [6.07, 6.45) is 0.782. The number of rotatable bonds is 10. The molecule has 1 aliphatic heterocycles. The number of hydrogen-bond acceptors (Lipinski definition) is 5. The first-order valence-electron chi connectivity index (χ1n) is 10.4. The summed E-state index contributed by atoms with van der Waals surface area (Å²) in [4.78, 5) is 15.0. The molecule has 1 heterocycles. The van der Waals surface area contributed by atoms with Gasteiger partial charge in [-0.1, -0.05) is 47.5 Å². The molecule has 174 valence electrons. The lowest BCUT2D eigenvalue weighted by molar-refractivity contribution is -0.121. The summed E-state index contributed by atoms with van der Waals surface area (Å²) in [5, 5.41) is 3.54. The summed E-state index contributed by atoms with van der Waals surface area (Å²) in [6, 6.07) is 13.0. The molecular formula is C22H27Cl2N3O4S. The van der Waals surface area contributed by atoms with Crippen LogP contribution in [0.4, 0.5) is 0 Å². The molecule has 10 heteroatoms. The Morgan fingerprint density at radius 3 is 2.47 bits per heavy atom. The van der Waals surface area contributed by atoms with Crippen LogP contribution in [0.1, 0.15) is 12.0 Å². The maximum Gasteiger partial charge on any atom is 0.243 e. The number of ether oxygens (including phenoxy) is 1. The van der Waals surface area contributed by atoms with Crippen LogP contribution in [0.2, 0.25) is 10.0 Å². The maximum atomic E-state index is 13.2. The van der Waals surface area contributed by atoms with Crippen molar-refractivity contribution in [3.05, 3.63) is 64.1 Å². The fourth-order valence-corrected chi connectivity index (χ4v) is 5.11. The Bertz CT molecular complexity index is 999. The number of nitrogens with one attached hydrogen (secondary N) is 1. The molecule has 7 nitrogen and oxygen atoms in total. The summed E-state index contributed by atoms with van der Waals surface area (Å²) in [7, 11) is -3.89. The maximum absolute atomic E-state index is 13.2. The molecule has 2 aromatic carbocycles. The molecule has 3 rings (SSSR count). The van der Waals surface area contributed by atoms with Gasteiger partial charge in [0.1, 0.15) is 0 Å². The van der Waals surface area contributed by atoms with E-state index in [1.165, 1.54) is 12.1 Å². The number of carbonyl (C=O) groups excluding carboxylic acids is 1. The average Bonchev–Trinajstić information content (AvgIpc) is 2.80. The summed E-state index contributed by atoms with van der Waals surface area (Å²) < 4.78 is 32.9. The van der Waals surface area contributed by atoms with E-state index in [0.29, 0.717) is 22.2 Å². The van der Waals surface area contributed by atoms with Crippen molar-refractivity contribution in [2.75, 3.05) is 45.9 Å². The number of benzene rings is 2. The Kier molecular flexibility index (Phi) is 9.34. The molecule has 0 radical (unpaired) electrons. The van der Waals surface area contributed by atoms with Gasteiger partial charge >= 0.3 is 0 Å². The van der Waals surface area contributed by atoms with Crippen LogP contribution in [0.25, 0.3) is 0 Å². The lowest BCUT2D eigenvalue weighted by atomic mass is 10.2. The van der Waals surface area contributed by atoms with E-state index in [0.717, 1.165) is 43.6 Å². The summed E-state index contributed by atoms with van der Waals surface area (Å²) in [5.74, 6) is -0.355. The molecule has 2 aromatic rings. The van der Waals surface area contributed by atoms with Crippen LogP contribution in [0.3, 0.4) is 0 Å². The molecule has 0 atom stereocenters. The van der Waals surface area contributed by atoms with Gasteiger partial charge in [-0.2, -0.15) is 4.31 Å². The van der Waals surface area contributed by atoms with Crippen molar-refractivity contribution in [3.63, 3.8) is 0 Å². The van der Waals surface area contributed by atoms with Gasteiger partial charge in [-0.15, -0.1) is 0 Å². The van der Waals surface area contributed by atoms with Crippen molar-refractivity contribution in [1.29, 1.82) is 0 Å². The highest BCUT2D eigenvalue weighted by Crippen LogP contribution is 2.25. The monoisotopic (exact) mass is 499 g/mol. The van der Waals surface area contributed by atoms with Crippen LogP contribution in [0, 0.1) is 0 Å². The zero-order valence-electron chi connectivity index (χ0n) is 17.7. The van der Waals surface area contributed by atoms with Gasteiger partial charge in [0.15, 0.2) is 0 Å². The van der Waals surface area contributed by atoms with Crippen molar-refractivity contribution in [2.24, 2.45) is 0 Å². The van der Waals surface area contributed by atoms with E-state index >= 15 is 0 Å². The fraction of sp³-hybridized carbons (Fsp3) is 0.409. The third kappa shape index (κ3) is 7.16. The molecule has 1 amide bonds.